The maximum atomic E-state index is 13.6. The molecule has 0 saturated carbocycles. The van der Waals surface area contributed by atoms with Crippen LogP contribution in [0.1, 0.15) is 28.8 Å². The van der Waals surface area contributed by atoms with Gasteiger partial charge < -0.3 is 5.32 Å². The highest BCUT2D eigenvalue weighted by Gasteiger charge is 2.30. The Kier molecular flexibility index (Phi) is 5.32. The number of carbonyl (C=O) groups excluding carboxylic acids is 1. The van der Waals surface area contributed by atoms with Gasteiger partial charge in [-0.25, -0.2) is 14.5 Å². The molecule has 32 heavy (non-hydrogen) atoms. The van der Waals surface area contributed by atoms with Crippen LogP contribution >= 0.6 is 0 Å². The predicted octanol–water partition coefficient (Wildman–Crippen LogP) is 3.06. The number of fused-ring (bicyclic) bond motifs is 1. The molecule has 4 aromatic rings. The van der Waals surface area contributed by atoms with Crippen molar-refractivity contribution in [2.45, 2.75) is 18.9 Å². The van der Waals surface area contributed by atoms with E-state index in [0.29, 0.717) is 23.5 Å². The lowest BCUT2D eigenvalue weighted by Crippen LogP contribution is -2.49. The van der Waals surface area contributed by atoms with Crippen LogP contribution in [0.2, 0.25) is 0 Å². The Labute approximate surface area is 185 Å². The summed E-state index contributed by atoms with van der Waals surface area (Å²) in [5.41, 5.74) is 3.51. The molecule has 1 atom stereocenters. The molecule has 8 heteroatoms. The molecule has 0 bridgehead atoms. The summed E-state index contributed by atoms with van der Waals surface area (Å²) in [5.74, 6) is 0.239. The Bertz CT molecular complexity index is 1300. The average Bonchev–Trinajstić information content (AvgIpc) is 3.29. The molecule has 1 aliphatic rings. The summed E-state index contributed by atoms with van der Waals surface area (Å²) in [7, 11) is 0. The lowest BCUT2D eigenvalue weighted by atomic mass is 10.0. The first-order valence-corrected chi connectivity index (χ1v) is 10.5. The number of anilines is 1. The normalized spacial score (nSPS) is 15.9. The summed E-state index contributed by atoms with van der Waals surface area (Å²) in [6.07, 6.45) is 8.78. The molecule has 0 radical (unpaired) electrons. The molecule has 1 amide bonds. The molecular formula is C24H21N7O. The van der Waals surface area contributed by atoms with Crippen molar-refractivity contribution in [1.82, 2.24) is 24.9 Å². The largest absolute Gasteiger partial charge is 0.315 e. The summed E-state index contributed by atoms with van der Waals surface area (Å²) < 4.78 is 1.72. The maximum absolute atomic E-state index is 13.6. The highest BCUT2D eigenvalue weighted by molar-refractivity contribution is 6.07. The zero-order valence-electron chi connectivity index (χ0n) is 17.3. The van der Waals surface area contributed by atoms with E-state index in [9.17, 15) is 10.1 Å². The molecule has 0 spiro atoms. The Hall–Kier alpha value is -4.09. The van der Waals surface area contributed by atoms with Gasteiger partial charge in [-0.15, -0.1) is 0 Å². The maximum Gasteiger partial charge on any atom is 0.259 e. The molecule has 0 unspecified atom stereocenters. The second kappa shape index (κ2) is 8.57. The first kappa shape index (κ1) is 19.8. The molecule has 1 N–H and O–H groups in total. The van der Waals surface area contributed by atoms with Crippen LogP contribution < -0.4 is 10.2 Å². The monoisotopic (exact) mass is 423 g/mol. The van der Waals surface area contributed by atoms with Gasteiger partial charge in [-0.2, -0.15) is 10.4 Å². The van der Waals surface area contributed by atoms with Crippen LogP contribution in [-0.4, -0.2) is 44.6 Å². The molecule has 3 aromatic heterocycles. The number of nitrogens with one attached hydrogen (secondary N) is 1. The summed E-state index contributed by atoms with van der Waals surface area (Å²) in [5, 5.41) is 17.3. The van der Waals surface area contributed by atoms with Gasteiger partial charge in [0, 0.05) is 36.3 Å². The number of piperidine rings is 1. The number of aromatic nitrogens is 4. The SMILES string of the molecule is N#Cc1cccnc1N(C(=O)c1ccc(-c2cnn3cccnc23)cc1)[C@@H]1CCCNC1. The third-order valence-corrected chi connectivity index (χ3v) is 5.71. The van der Waals surface area contributed by atoms with E-state index in [4.69, 9.17) is 0 Å². The van der Waals surface area contributed by atoms with Gasteiger partial charge in [0.05, 0.1) is 17.8 Å². The van der Waals surface area contributed by atoms with E-state index in [1.807, 2.05) is 36.5 Å². The number of amides is 1. The van der Waals surface area contributed by atoms with Crippen molar-refractivity contribution < 1.29 is 4.79 Å². The van der Waals surface area contributed by atoms with E-state index in [0.717, 1.165) is 36.2 Å². The third kappa shape index (κ3) is 3.59. The summed E-state index contributed by atoms with van der Waals surface area (Å²) in [4.78, 5) is 24.1. The fourth-order valence-corrected chi connectivity index (χ4v) is 4.13. The van der Waals surface area contributed by atoms with E-state index in [1.54, 1.807) is 40.1 Å². The van der Waals surface area contributed by atoms with Crippen LogP contribution in [0.15, 0.2) is 67.3 Å². The zero-order valence-corrected chi connectivity index (χ0v) is 17.3. The van der Waals surface area contributed by atoms with E-state index in [1.165, 1.54) is 0 Å². The third-order valence-electron chi connectivity index (χ3n) is 5.71. The molecule has 5 rings (SSSR count). The van der Waals surface area contributed by atoms with Crippen molar-refractivity contribution in [3.8, 4) is 17.2 Å². The van der Waals surface area contributed by atoms with Crippen molar-refractivity contribution in [3.63, 3.8) is 0 Å². The molecular weight excluding hydrogens is 402 g/mol. The molecule has 0 aliphatic carbocycles. The summed E-state index contributed by atoms with van der Waals surface area (Å²) in [6, 6.07) is 14.8. The number of rotatable bonds is 4. The van der Waals surface area contributed by atoms with Crippen LogP contribution in [0, 0.1) is 11.3 Å². The van der Waals surface area contributed by atoms with E-state index in [-0.39, 0.29) is 11.9 Å². The quantitative estimate of drug-likeness (QED) is 0.542. The molecule has 1 fully saturated rings. The fraction of sp³-hybridized carbons (Fsp3) is 0.208. The smallest absolute Gasteiger partial charge is 0.259 e. The van der Waals surface area contributed by atoms with E-state index < -0.39 is 0 Å². The highest BCUT2D eigenvalue weighted by atomic mass is 16.2. The molecule has 8 nitrogen and oxygen atoms in total. The second-order valence-corrected chi connectivity index (χ2v) is 7.69. The predicted molar refractivity (Wildman–Crippen MR) is 120 cm³/mol. The summed E-state index contributed by atoms with van der Waals surface area (Å²) >= 11 is 0. The number of hydrogen-bond acceptors (Lipinski definition) is 6. The van der Waals surface area contributed by atoms with Crippen molar-refractivity contribution >= 4 is 17.4 Å². The van der Waals surface area contributed by atoms with Crippen LogP contribution in [0.25, 0.3) is 16.8 Å². The number of pyridine rings is 1. The average molecular weight is 423 g/mol. The second-order valence-electron chi connectivity index (χ2n) is 7.69. The van der Waals surface area contributed by atoms with Gasteiger partial charge in [0.1, 0.15) is 6.07 Å². The van der Waals surface area contributed by atoms with Crippen LogP contribution in [0.5, 0.6) is 0 Å². The topological polar surface area (TPSA) is 99.2 Å². The number of nitriles is 1. The molecule has 1 aliphatic heterocycles. The first-order chi connectivity index (χ1) is 15.8. The fourth-order valence-electron chi connectivity index (χ4n) is 4.13. The van der Waals surface area contributed by atoms with Crippen LogP contribution in [0.3, 0.4) is 0 Å². The van der Waals surface area contributed by atoms with Crippen LogP contribution in [-0.2, 0) is 0 Å². The number of hydrogen-bond donors (Lipinski definition) is 1. The highest BCUT2D eigenvalue weighted by Crippen LogP contribution is 2.27. The van der Waals surface area contributed by atoms with Gasteiger partial charge in [-0.3, -0.25) is 9.69 Å². The van der Waals surface area contributed by atoms with Crippen LogP contribution in [0.4, 0.5) is 5.82 Å². The van der Waals surface area contributed by atoms with Crippen molar-refractivity contribution in [2.24, 2.45) is 0 Å². The molecule has 1 saturated heterocycles. The molecule has 158 valence electrons. The lowest BCUT2D eigenvalue weighted by Gasteiger charge is -2.34. The summed E-state index contributed by atoms with van der Waals surface area (Å²) in [6.45, 7) is 1.59. The van der Waals surface area contributed by atoms with Gasteiger partial charge in [0.15, 0.2) is 11.5 Å². The van der Waals surface area contributed by atoms with Gasteiger partial charge in [0.2, 0.25) is 0 Å². The number of benzene rings is 1. The zero-order chi connectivity index (χ0) is 21.9. The van der Waals surface area contributed by atoms with E-state index in [2.05, 4.69) is 26.5 Å². The van der Waals surface area contributed by atoms with E-state index >= 15 is 0 Å². The number of nitrogens with zero attached hydrogens (tertiary/aromatic N) is 6. The minimum absolute atomic E-state index is 0.0678. The molecule has 4 heterocycles. The van der Waals surface area contributed by atoms with Gasteiger partial charge >= 0.3 is 0 Å². The van der Waals surface area contributed by atoms with Gasteiger partial charge in [-0.05, 0) is 55.3 Å². The Morgan fingerprint density at radius 3 is 2.78 bits per heavy atom. The van der Waals surface area contributed by atoms with Crippen molar-refractivity contribution in [3.05, 3.63) is 78.4 Å². The number of carbonyl (C=O) groups is 1. The lowest BCUT2D eigenvalue weighted by molar-refractivity contribution is 0.0971. The molecule has 1 aromatic carbocycles. The minimum atomic E-state index is -0.168. The Morgan fingerprint density at radius 2 is 2.00 bits per heavy atom. The van der Waals surface area contributed by atoms with Crippen molar-refractivity contribution in [2.75, 3.05) is 18.0 Å². The minimum Gasteiger partial charge on any atom is -0.315 e. The van der Waals surface area contributed by atoms with Gasteiger partial charge in [0.25, 0.3) is 5.91 Å². The standard InChI is InChI=1S/C24H21N7O/c25-14-19-4-1-11-27-22(19)31(20-5-2-10-26-15-20)24(32)18-8-6-17(7-9-18)21-16-29-30-13-3-12-28-23(21)30/h1,3-4,6-9,11-13,16,20,26H,2,5,10,15H2/t20-/m1/s1. The first-order valence-electron chi connectivity index (χ1n) is 10.5. The van der Waals surface area contributed by atoms with Crippen molar-refractivity contribution in [1.29, 1.82) is 5.26 Å². The Balaban J connectivity index is 1.50. The van der Waals surface area contributed by atoms with Gasteiger partial charge in [-0.1, -0.05) is 12.1 Å². The Morgan fingerprint density at radius 1 is 1.16 bits per heavy atom.